The molecule has 0 bridgehead atoms. The summed E-state index contributed by atoms with van der Waals surface area (Å²) in [5.41, 5.74) is 11.1. The number of nitrogen functional groups attached to an aromatic ring is 1. The van der Waals surface area contributed by atoms with Gasteiger partial charge in [-0.1, -0.05) is 11.6 Å². The average Bonchev–Trinajstić information content (AvgIpc) is 2.71. The van der Waals surface area contributed by atoms with Crippen molar-refractivity contribution in [3.05, 3.63) is 63.1 Å². The maximum Gasteiger partial charge on any atom is 0.307 e. The predicted molar refractivity (Wildman–Crippen MR) is 111 cm³/mol. The van der Waals surface area contributed by atoms with Crippen LogP contribution < -0.4 is 31.6 Å². The maximum absolute atomic E-state index is 13.9. The van der Waals surface area contributed by atoms with Crippen LogP contribution in [0.15, 0.2) is 46.6 Å². The molecular formula is C18H18ClFN6O4. The van der Waals surface area contributed by atoms with Gasteiger partial charge in [0, 0.05) is 29.6 Å². The van der Waals surface area contributed by atoms with Crippen molar-refractivity contribution in [1.29, 1.82) is 0 Å². The van der Waals surface area contributed by atoms with Gasteiger partial charge in [0.2, 0.25) is 11.8 Å². The van der Waals surface area contributed by atoms with Gasteiger partial charge in [0.15, 0.2) is 5.66 Å². The number of nitro benzene ring substituents is 1. The highest BCUT2D eigenvalue weighted by Crippen LogP contribution is 2.37. The van der Waals surface area contributed by atoms with Crippen molar-refractivity contribution >= 4 is 34.6 Å². The number of anilines is 2. The van der Waals surface area contributed by atoms with Crippen molar-refractivity contribution in [3.8, 4) is 11.5 Å². The lowest BCUT2D eigenvalue weighted by Crippen LogP contribution is -2.56. The molecule has 0 saturated carbocycles. The minimum Gasteiger partial charge on any atom is -0.496 e. The maximum atomic E-state index is 13.9. The highest BCUT2D eigenvalue weighted by atomic mass is 35.5. The van der Waals surface area contributed by atoms with E-state index in [-0.39, 0.29) is 22.4 Å². The second-order valence-corrected chi connectivity index (χ2v) is 6.64. The van der Waals surface area contributed by atoms with Gasteiger partial charge in [-0.15, -0.1) is 0 Å². The molecule has 2 aromatic rings. The SMILES string of the molecule is COc1cc(F)c([N+](=O)[O-])cc1NC1=NC=C(Cl)C(N)(c2cc(N)ccc2OC)N1. The zero-order valence-corrected chi connectivity index (χ0v) is 16.7. The first-order valence-electron chi connectivity index (χ1n) is 8.43. The molecule has 10 nitrogen and oxygen atoms in total. The second-order valence-electron chi connectivity index (χ2n) is 6.23. The van der Waals surface area contributed by atoms with E-state index in [0.717, 1.165) is 12.1 Å². The van der Waals surface area contributed by atoms with Crippen LogP contribution in [-0.4, -0.2) is 25.1 Å². The summed E-state index contributed by atoms with van der Waals surface area (Å²) in [6, 6.07) is 6.74. The van der Waals surface area contributed by atoms with Crippen LogP contribution in [0.25, 0.3) is 0 Å². The number of hydrogen-bond acceptors (Lipinski definition) is 9. The molecule has 0 fully saturated rings. The molecule has 0 aliphatic carbocycles. The molecule has 0 aromatic heterocycles. The van der Waals surface area contributed by atoms with Gasteiger partial charge in [-0.25, -0.2) is 4.99 Å². The third-order valence-electron chi connectivity index (χ3n) is 4.37. The van der Waals surface area contributed by atoms with Crippen LogP contribution in [0.5, 0.6) is 11.5 Å². The van der Waals surface area contributed by atoms with E-state index in [2.05, 4.69) is 15.6 Å². The molecule has 30 heavy (non-hydrogen) atoms. The summed E-state index contributed by atoms with van der Waals surface area (Å²) in [5, 5.41) is 16.9. The third kappa shape index (κ3) is 3.80. The molecule has 158 valence electrons. The fourth-order valence-electron chi connectivity index (χ4n) is 2.87. The summed E-state index contributed by atoms with van der Waals surface area (Å²) in [6.45, 7) is 0. The van der Waals surface area contributed by atoms with E-state index in [9.17, 15) is 14.5 Å². The fraction of sp³-hybridized carbons (Fsp3) is 0.167. The van der Waals surface area contributed by atoms with E-state index in [0.29, 0.717) is 17.0 Å². The molecule has 2 aromatic carbocycles. The molecule has 12 heteroatoms. The molecule has 1 aliphatic rings. The number of ether oxygens (including phenoxy) is 2. The van der Waals surface area contributed by atoms with Crippen molar-refractivity contribution in [1.82, 2.24) is 5.32 Å². The number of methoxy groups -OCH3 is 2. The molecule has 1 aliphatic heterocycles. The zero-order chi connectivity index (χ0) is 22.1. The number of nitrogens with zero attached hydrogens (tertiary/aromatic N) is 2. The minimum atomic E-state index is -1.48. The number of hydrogen-bond donors (Lipinski definition) is 4. The zero-order valence-electron chi connectivity index (χ0n) is 15.9. The number of guanidine groups is 1. The van der Waals surface area contributed by atoms with E-state index >= 15 is 0 Å². The summed E-state index contributed by atoms with van der Waals surface area (Å²) in [7, 11) is 2.76. The molecule has 6 N–H and O–H groups in total. The third-order valence-corrected chi connectivity index (χ3v) is 4.76. The van der Waals surface area contributed by atoms with Gasteiger partial charge < -0.3 is 31.6 Å². The Hall–Kier alpha value is -3.57. The molecule has 0 amide bonds. The Balaban J connectivity index is 2.00. The van der Waals surface area contributed by atoms with Crippen molar-refractivity contribution in [2.75, 3.05) is 25.3 Å². The van der Waals surface area contributed by atoms with Gasteiger partial charge >= 0.3 is 5.69 Å². The van der Waals surface area contributed by atoms with Crippen LogP contribution in [0.2, 0.25) is 0 Å². The Labute approximate surface area is 175 Å². The molecule has 0 radical (unpaired) electrons. The summed E-state index contributed by atoms with van der Waals surface area (Å²) in [6.07, 6.45) is 1.30. The molecule has 0 spiro atoms. The Morgan fingerprint density at radius 3 is 2.60 bits per heavy atom. The Bertz CT molecular complexity index is 1080. The van der Waals surface area contributed by atoms with Crippen LogP contribution in [0.1, 0.15) is 5.56 Å². The lowest BCUT2D eigenvalue weighted by Gasteiger charge is -2.35. The average molecular weight is 437 g/mol. The predicted octanol–water partition coefficient (Wildman–Crippen LogP) is 2.60. The van der Waals surface area contributed by atoms with Crippen LogP contribution in [-0.2, 0) is 5.66 Å². The summed E-state index contributed by atoms with van der Waals surface area (Å²) in [4.78, 5) is 14.3. The Morgan fingerprint density at radius 2 is 1.97 bits per heavy atom. The number of nitro groups is 1. The van der Waals surface area contributed by atoms with Gasteiger partial charge in [-0.2, -0.15) is 4.39 Å². The van der Waals surface area contributed by atoms with Crippen LogP contribution in [0, 0.1) is 15.9 Å². The largest absolute Gasteiger partial charge is 0.496 e. The molecular weight excluding hydrogens is 419 g/mol. The van der Waals surface area contributed by atoms with E-state index in [4.69, 9.17) is 32.5 Å². The van der Waals surface area contributed by atoms with Gasteiger partial charge in [-0.3, -0.25) is 10.1 Å². The summed E-state index contributed by atoms with van der Waals surface area (Å²) >= 11 is 6.33. The first kappa shape index (κ1) is 21.1. The van der Waals surface area contributed by atoms with Gasteiger partial charge in [0.05, 0.1) is 29.9 Å². The molecule has 0 saturated heterocycles. The normalized spacial score (nSPS) is 18.0. The first-order valence-corrected chi connectivity index (χ1v) is 8.81. The highest BCUT2D eigenvalue weighted by molar-refractivity contribution is 6.31. The fourth-order valence-corrected chi connectivity index (χ4v) is 3.07. The topological polar surface area (TPSA) is 150 Å². The standard InChI is InChI=1S/C18H18ClFN6O4/c1-29-14-4-3-9(21)5-10(14)18(22)16(19)8-23-17(25-18)24-12-7-13(26(27)28)11(20)6-15(12)30-2/h3-8H,21-22H2,1-2H3,(H2,23,24,25). The number of rotatable bonds is 5. The van der Waals surface area contributed by atoms with Crippen molar-refractivity contribution in [3.63, 3.8) is 0 Å². The number of halogens is 2. The van der Waals surface area contributed by atoms with Crippen LogP contribution in [0.4, 0.5) is 21.5 Å². The molecule has 1 heterocycles. The minimum absolute atomic E-state index is 0.0207. The monoisotopic (exact) mass is 436 g/mol. The van der Waals surface area contributed by atoms with Gasteiger partial charge in [-0.05, 0) is 18.2 Å². The lowest BCUT2D eigenvalue weighted by molar-refractivity contribution is -0.387. The van der Waals surface area contributed by atoms with Crippen molar-refractivity contribution in [2.45, 2.75) is 5.66 Å². The van der Waals surface area contributed by atoms with E-state index in [1.54, 1.807) is 18.2 Å². The van der Waals surface area contributed by atoms with Crippen molar-refractivity contribution in [2.24, 2.45) is 10.7 Å². The van der Waals surface area contributed by atoms with Gasteiger partial charge in [0.25, 0.3) is 0 Å². The summed E-state index contributed by atoms with van der Waals surface area (Å²) < 4.78 is 24.3. The van der Waals surface area contributed by atoms with Crippen LogP contribution in [0.3, 0.4) is 0 Å². The smallest absolute Gasteiger partial charge is 0.307 e. The summed E-state index contributed by atoms with van der Waals surface area (Å²) in [5.74, 6) is -0.526. The molecule has 1 unspecified atom stereocenters. The van der Waals surface area contributed by atoms with E-state index < -0.39 is 22.1 Å². The molecule has 1 atom stereocenters. The molecule has 3 rings (SSSR count). The number of nitrogens with one attached hydrogen (secondary N) is 2. The van der Waals surface area contributed by atoms with E-state index in [1.807, 2.05) is 0 Å². The lowest BCUT2D eigenvalue weighted by atomic mass is 9.97. The van der Waals surface area contributed by atoms with Crippen LogP contribution >= 0.6 is 11.6 Å². The number of nitrogens with two attached hydrogens (primary N) is 2. The van der Waals surface area contributed by atoms with E-state index in [1.165, 1.54) is 20.4 Å². The number of aliphatic imine (C=N–C) groups is 1. The Morgan fingerprint density at radius 1 is 1.27 bits per heavy atom. The second kappa shape index (κ2) is 8.05. The Kier molecular flexibility index (Phi) is 5.67. The first-order chi connectivity index (χ1) is 14.2. The van der Waals surface area contributed by atoms with Crippen molar-refractivity contribution < 1.29 is 18.8 Å². The van der Waals surface area contributed by atoms with Gasteiger partial charge in [0.1, 0.15) is 11.5 Å². The number of benzene rings is 2. The quantitative estimate of drug-likeness (QED) is 0.317. The highest BCUT2D eigenvalue weighted by Gasteiger charge is 2.38.